The van der Waals surface area contributed by atoms with Crippen LogP contribution in [0.1, 0.15) is 54.1 Å². The van der Waals surface area contributed by atoms with Crippen LogP contribution in [0.15, 0.2) is 5.38 Å². The van der Waals surface area contributed by atoms with Gasteiger partial charge >= 0.3 is 12.0 Å². The Labute approximate surface area is 127 Å². The summed E-state index contributed by atoms with van der Waals surface area (Å²) in [5.41, 5.74) is 0.0353. The van der Waals surface area contributed by atoms with Crippen LogP contribution in [0.3, 0.4) is 0 Å². The second-order valence-electron chi connectivity index (χ2n) is 5.87. The van der Waals surface area contributed by atoms with Crippen LogP contribution < -0.4 is 5.32 Å². The Morgan fingerprint density at radius 2 is 2.19 bits per heavy atom. The highest BCUT2D eigenvalue weighted by Gasteiger charge is 2.37. The molecular weight excluding hydrogens is 290 g/mol. The molecule has 1 unspecified atom stereocenters. The first-order chi connectivity index (χ1) is 10.0. The summed E-state index contributed by atoms with van der Waals surface area (Å²) in [5.74, 6) is -0.366. The van der Waals surface area contributed by atoms with Crippen molar-refractivity contribution in [2.24, 2.45) is 5.92 Å². The number of aromatic nitrogens is 1. The normalized spacial score (nSPS) is 19.1. The number of thiazole rings is 1. The van der Waals surface area contributed by atoms with Crippen LogP contribution in [0.2, 0.25) is 0 Å². The Morgan fingerprint density at radius 1 is 1.48 bits per heavy atom. The smallest absolute Gasteiger partial charge is 0.355 e. The van der Waals surface area contributed by atoms with Crippen molar-refractivity contribution in [2.45, 2.75) is 44.7 Å². The van der Waals surface area contributed by atoms with Crippen LogP contribution in [0, 0.1) is 5.92 Å². The molecule has 2 N–H and O–H groups in total. The lowest BCUT2D eigenvalue weighted by atomic mass is 10.3. The van der Waals surface area contributed by atoms with Gasteiger partial charge in [-0.2, -0.15) is 0 Å². The van der Waals surface area contributed by atoms with Gasteiger partial charge in [0.15, 0.2) is 5.69 Å². The monoisotopic (exact) mass is 309 g/mol. The zero-order valence-electron chi connectivity index (χ0n) is 11.9. The fourth-order valence-electron chi connectivity index (χ4n) is 2.28. The standard InChI is InChI=1S/C14H19N3O3S/c1-8(12-16-11(7-21-12)13(18)19)15-14(20)17(10-4-5-10)6-9-2-3-9/h7-10H,2-6H2,1H3,(H,15,20)(H,18,19). The largest absolute Gasteiger partial charge is 0.476 e. The lowest BCUT2D eigenvalue weighted by Gasteiger charge is -2.24. The fraction of sp³-hybridized carbons (Fsp3) is 0.643. The van der Waals surface area contributed by atoms with E-state index < -0.39 is 5.97 Å². The van der Waals surface area contributed by atoms with E-state index in [1.54, 1.807) is 0 Å². The topological polar surface area (TPSA) is 82.5 Å². The molecule has 114 valence electrons. The molecule has 6 nitrogen and oxygen atoms in total. The highest BCUT2D eigenvalue weighted by molar-refractivity contribution is 7.09. The number of nitrogens with one attached hydrogen (secondary N) is 1. The summed E-state index contributed by atoms with van der Waals surface area (Å²) in [6.45, 7) is 2.69. The van der Waals surface area contributed by atoms with Crippen molar-refractivity contribution in [2.75, 3.05) is 6.54 Å². The third kappa shape index (κ3) is 3.53. The van der Waals surface area contributed by atoms with Crippen LogP contribution in [0.25, 0.3) is 0 Å². The maximum absolute atomic E-state index is 12.4. The first-order valence-corrected chi connectivity index (χ1v) is 8.18. The molecule has 2 fully saturated rings. The molecule has 2 saturated carbocycles. The Morgan fingerprint density at radius 3 is 2.71 bits per heavy atom. The number of carboxylic acid groups (broad SMARTS) is 1. The van der Waals surface area contributed by atoms with E-state index in [2.05, 4.69) is 10.3 Å². The molecule has 1 aromatic heterocycles. The summed E-state index contributed by atoms with van der Waals surface area (Å²) >= 11 is 1.26. The molecule has 3 rings (SSSR count). The number of carbonyl (C=O) groups excluding carboxylic acids is 1. The molecule has 1 aromatic rings. The quantitative estimate of drug-likeness (QED) is 0.845. The van der Waals surface area contributed by atoms with Gasteiger partial charge in [-0.05, 0) is 38.5 Å². The zero-order chi connectivity index (χ0) is 15.0. The van der Waals surface area contributed by atoms with Crippen molar-refractivity contribution in [1.82, 2.24) is 15.2 Å². The lowest BCUT2D eigenvalue weighted by molar-refractivity contribution is 0.0691. The maximum atomic E-state index is 12.4. The maximum Gasteiger partial charge on any atom is 0.355 e. The third-order valence-corrected chi connectivity index (χ3v) is 4.88. The Bertz CT molecular complexity index is 551. The molecule has 21 heavy (non-hydrogen) atoms. The van der Waals surface area contributed by atoms with Crippen molar-refractivity contribution >= 4 is 23.3 Å². The summed E-state index contributed by atoms with van der Waals surface area (Å²) in [7, 11) is 0. The van der Waals surface area contributed by atoms with E-state index in [-0.39, 0.29) is 17.8 Å². The van der Waals surface area contributed by atoms with Crippen molar-refractivity contribution < 1.29 is 14.7 Å². The molecular formula is C14H19N3O3S. The van der Waals surface area contributed by atoms with Gasteiger partial charge in [0.25, 0.3) is 0 Å². The van der Waals surface area contributed by atoms with Gasteiger partial charge in [0.1, 0.15) is 5.01 Å². The third-order valence-electron chi connectivity index (χ3n) is 3.85. The van der Waals surface area contributed by atoms with Gasteiger partial charge in [0, 0.05) is 18.0 Å². The first kappa shape index (κ1) is 14.3. The molecule has 1 heterocycles. The molecule has 1 atom stereocenters. The second-order valence-corrected chi connectivity index (χ2v) is 6.76. The minimum absolute atomic E-state index is 0.0353. The molecule has 0 bridgehead atoms. The van der Waals surface area contributed by atoms with Gasteiger partial charge in [0.2, 0.25) is 0 Å². The Hall–Kier alpha value is -1.63. The van der Waals surface area contributed by atoms with E-state index in [0.29, 0.717) is 17.0 Å². The number of hydrogen-bond donors (Lipinski definition) is 2. The lowest BCUT2D eigenvalue weighted by Crippen LogP contribution is -2.43. The van der Waals surface area contributed by atoms with Gasteiger partial charge in [0.05, 0.1) is 6.04 Å². The number of nitrogens with zero attached hydrogens (tertiary/aromatic N) is 2. The number of carboxylic acids is 1. The summed E-state index contributed by atoms with van der Waals surface area (Å²) in [5, 5.41) is 14.0. The second kappa shape index (κ2) is 5.63. The molecule has 2 amide bonds. The van der Waals surface area contributed by atoms with Crippen LogP contribution in [-0.2, 0) is 0 Å². The average Bonchev–Trinajstić information content (AvgIpc) is 3.34. The number of rotatable bonds is 6. The van der Waals surface area contributed by atoms with E-state index in [4.69, 9.17) is 5.11 Å². The van der Waals surface area contributed by atoms with Crippen molar-refractivity contribution in [1.29, 1.82) is 0 Å². The number of hydrogen-bond acceptors (Lipinski definition) is 4. The highest BCUT2D eigenvalue weighted by Crippen LogP contribution is 2.35. The number of urea groups is 1. The van der Waals surface area contributed by atoms with Crippen LogP contribution >= 0.6 is 11.3 Å². The highest BCUT2D eigenvalue weighted by atomic mass is 32.1. The van der Waals surface area contributed by atoms with Crippen molar-refractivity contribution in [3.63, 3.8) is 0 Å². The average molecular weight is 309 g/mol. The molecule has 0 spiro atoms. The molecule has 7 heteroatoms. The zero-order valence-corrected chi connectivity index (χ0v) is 12.7. The number of aromatic carboxylic acids is 1. The van der Waals surface area contributed by atoms with Crippen LogP contribution in [-0.4, -0.2) is 39.6 Å². The summed E-state index contributed by atoms with van der Waals surface area (Å²) in [6, 6.07) is 0.0729. The molecule has 0 saturated heterocycles. The Balaban J connectivity index is 1.60. The SMILES string of the molecule is CC(NC(=O)N(CC1CC1)C1CC1)c1nc(C(=O)O)cs1. The molecule has 0 radical (unpaired) electrons. The predicted octanol–water partition coefficient (Wildman–Crippen LogP) is 2.49. The molecule has 0 aromatic carbocycles. The summed E-state index contributed by atoms with van der Waals surface area (Å²) in [4.78, 5) is 29.2. The van der Waals surface area contributed by atoms with Gasteiger partial charge in [-0.25, -0.2) is 14.6 Å². The van der Waals surface area contributed by atoms with E-state index in [1.165, 1.54) is 29.6 Å². The summed E-state index contributed by atoms with van der Waals surface area (Å²) in [6.07, 6.45) is 4.63. The molecule has 2 aliphatic carbocycles. The summed E-state index contributed by atoms with van der Waals surface area (Å²) < 4.78 is 0. The molecule has 0 aliphatic heterocycles. The van der Waals surface area contributed by atoms with Crippen LogP contribution in [0.4, 0.5) is 4.79 Å². The first-order valence-electron chi connectivity index (χ1n) is 7.30. The van der Waals surface area contributed by atoms with E-state index in [9.17, 15) is 9.59 Å². The predicted molar refractivity (Wildman–Crippen MR) is 78.5 cm³/mol. The minimum atomic E-state index is -1.04. The van der Waals surface area contributed by atoms with Gasteiger partial charge in [-0.3, -0.25) is 0 Å². The van der Waals surface area contributed by atoms with E-state index >= 15 is 0 Å². The molecule has 2 aliphatic rings. The fourth-order valence-corrected chi connectivity index (χ4v) is 3.08. The number of carbonyl (C=O) groups is 2. The van der Waals surface area contributed by atoms with E-state index in [0.717, 1.165) is 19.4 Å². The van der Waals surface area contributed by atoms with Crippen molar-refractivity contribution in [3.8, 4) is 0 Å². The van der Waals surface area contributed by atoms with Gasteiger partial charge in [-0.1, -0.05) is 0 Å². The Kier molecular flexibility index (Phi) is 3.84. The number of amides is 2. The van der Waals surface area contributed by atoms with Crippen molar-refractivity contribution in [3.05, 3.63) is 16.1 Å². The van der Waals surface area contributed by atoms with Gasteiger partial charge in [-0.15, -0.1) is 11.3 Å². The van der Waals surface area contributed by atoms with Gasteiger partial charge < -0.3 is 15.3 Å². The minimum Gasteiger partial charge on any atom is -0.476 e. The van der Waals surface area contributed by atoms with E-state index in [1.807, 2.05) is 11.8 Å². The van der Waals surface area contributed by atoms with Crippen LogP contribution in [0.5, 0.6) is 0 Å².